The Kier molecular flexibility index (Phi) is 6.91. The lowest BCUT2D eigenvalue weighted by atomic mass is 9.52. The molecule has 0 unspecified atom stereocenters. The predicted molar refractivity (Wildman–Crippen MR) is 117 cm³/mol. The van der Waals surface area contributed by atoms with E-state index in [1.165, 1.54) is 7.11 Å². The number of carbonyl (C=O) groups excluding carboxylic acids is 2. The molecule has 1 aliphatic carbocycles. The summed E-state index contributed by atoms with van der Waals surface area (Å²) in [6, 6.07) is 0.848. The molecule has 35 heavy (non-hydrogen) atoms. The van der Waals surface area contributed by atoms with Gasteiger partial charge in [-0.2, -0.15) is 0 Å². The van der Waals surface area contributed by atoms with Gasteiger partial charge in [0.2, 0.25) is 0 Å². The van der Waals surface area contributed by atoms with Crippen molar-refractivity contribution in [1.29, 1.82) is 0 Å². The summed E-state index contributed by atoms with van der Waals surface area (Å²) in [5.74, 6) is -11.9. The molecule has 2 aliphatic rings. The van der Waals surface area contributed by atoms with Gasteiger partial charge < -0.3 is 35.4 Å². The molecule has 1 fully saturated rings. The minimum Gasteiger partial charge on any atom is -0.348 e. The SMILES string of the molecule is [B]C1([B])OC(O)(O)C([B])([B])N(c2cc(F)c(NC(=O)C3=C(C(=O)NOC)CCC3)c(F)c2)C1(O)O. The number of carbonyl (C=O) groups is 2. The number of ether oxygens (including phenoxy) is 1. The maximum absolute atomic E-state index is 14.9. The van der Waals surface area contributed by atoms with Crippen LogP contribution in [0.1, 0.15) is 19.3 Å². The van der Waals surface area contributed by atoms with Gasteiger partial charge in [-0.15, -0.1) is 0 Å². The van der Waals surface area contributed by atoms with Crippen LogP contribution in [0.5, 0.6) is 0 Å². The topological polar surface area (TPSA) is 161 Å². The zero-order valence-electron chi connectivity index (χ0n) is 18.2. The second-order valence-electron chi connectivity index (χ2n) is 7.98. The Morgan fingerprint density at radius 2 is 1.54 bits per heavy atom. The molecular weight excluding hydrogens is 467 g/mol. The number of hydrogen-bond acceptors (Lipinski definition) is 9. The number of nitrogens with zero attached hydrogens (tertiary/aromatic N) is 1. The highest BCUT2D eigenvalue weighted by Crippen LogP contribution is 2.44. The molecule has 6 N–H and O–H groups in total. The fraction of sp³-hybridized carbons (Fsp3) is 0.444. The van der Waals surface area contributed by atoms with Crippen LogP contribution in [0.15, 0.2) is 23.3 Å². The lowest BCUT2D eigenvalue weighted by molar-refractivity contribution is -0.419. The van der Waals surface area contributed by atoms with Crippen LogP contribution in [0.4, 0.5) is 20.2 Å². The Labute approximate surface area is 203 Å². The second kappa shape index (κ2) is 8.91. The van der Waals surface area contributed by atoms with E-state index in [0.29, 0.717) is 18.6 Å². The van der Waals surface area contributed by atoms with Crippen LogP contribution in [-0.2, 0) is 19.2 Å². The second-order valence-corrected chi connectivity index (χ2v) is 7.98. The van der Waals surface area contributed by atoms with Gasteiger partial charge in [0, 0.05) is 22.2 Å². The number of rotatable bonds is 5. The number of amides is 2. The summed E-state index contributed by atoms with van der Waals surface area (Å²) in [7, 11) is 23.1. The van der Waals surface area contributed by atoms with Crippen molar-refractivity contribution < 1.29 is 48.4 Å². The normalized spacial score (nSPS) is 22.1. The van der Waals surface area contributed by atoms with Gasteiger partial charge in [0.1, 0.15) is 37.1 Å². The van der Waals surface area contributed by atoms with Gasteiger partial charge in [0.25, 0.3) is 23.7 Å². The Morgan fingerprint density at radius 1 is 1.03 bits per heavy atom. The molecule has 17 heteroatoms. The number of morpholine rings is 1. The van der Waals surface area contributed by atoms with Crippen molar-refractivity contribution in [1.82, 2.24) is 5.48 Å². The van der Waals surface area contributed by atoms with E-state index in [4.69, 9.17) is 31.4 Å². The number of anilines is 2. The van der Waals surface area contributed by atoms with E-state index in [9.17, 15) is 38.8 Å². The molecule has 0 aromatic heterocycles. The highest BCUT2D eigenvalue weighted by Gasteiger charge is 2.65. The molecule has 1 heterocycles. The highest BCUT2D eigenvalue weighted by atomic mass is 19.1. The summed E-state index contributed by atoms with van der Waals surface area (Å²) >= 11 is 0. The zero-order chi connectivity index (χ0) is 26.6. The van der Waals surface area contributed by atoms with E-state index in [2.05, 4.69) is 15.1 Å². The van der Waals surface area contributed by atoms with Gasteiger partial charge in [-0.1, -0.05) is 0 Å². The molecule has 0 bridgehead atoms. The van der Waals surface area contributed by atoms with Gasteiger partial charge >= 0.3 is 0 Å². The van der Waals surface area contributed by atoms with Crippen molar-refractivity contribution in [3.63, 3.8) is 0 Å². The van der Waals surface area contributed by atoms with E-state index < -0.39 is 57.4 Å². The molecular formula is C18H17B4F2N3O8. The van der Waals surface area contributed by atoms with Crippen LogP contribution in [0, 0.1) is 11.6 Å². The molecule has 1 saturated heterocycles. The van der Waals surface area contributed by atoms with Crippen molar-refractivity contribution in [2.75, 3.05) is 17.3 Å². The first kappa shape index (κ1) is 27.2. The largest absolute Gasteiger partial charge is 0.348 e. The van der Waals surface area contributed by atoms with Crippen molar-refractivity contribution in [2.45, 2.75) is 41.9 Å². The van der Waals surface area contributed by atoms with Gasteiger partial charge in [-0.05, 0) is 31.4 Å². The van der Waals surface area contributed by atoms with Gasteiger partial charge in [-0.25, -0.2) is 14.3 Å². The number of halogens is 2. The molecule has 178 valence electrons. The fourth-order valence-electron chi connectivity index (χ4n) is 3.75. The van der Waals surface area contributed by atoms with Crippen LogP contribution >= 0.6 is 0 Å². The number of aliphatic hydroxyl groups is 4. The molecule has 2 amide bonds. The maximum atomic E-state index is 14.9. The average Bonchev–Trinajstić information content (AvgIpc) is 3.19. The first-order valence-corrected chi connectivity index (χ1v) is 9.89. The molecule has 1 aromatic carbocycles. The first-order valence-electron chi connectivity index (χ1n) is 9.89. The first-order chi connectivity index (χ1) is 16.0. The summed E-state index contributed by atoms with van der Waals surface area (Å²) < 4.78 is 34.2. The lowest BCUT2D eigenvalue weighted by Gasteiger charge is -2.63. The Balaban J connectivity index is 2.00. The molecule has 1 aromatic rings. The molecule has 11 nitrogen and oxygen atoms in total. The molecule has 3 rings (SSSR count). The fourth-order valence-corrected chi connectivity index (χ4v) is 3.75. The summed E-state index contributed by atoms with van der Waals surface area (Å²) in [6.07, 6.45) is 0.815. The highest BCUT2D eigenvalue weighted by molar-refractivity contribution is 6.44. The van der Waals surface area contributed by atoms with Crippen molar-refractivity contribution in [3.05, 3.63) is 34.9 Å². The predicted octanol–water partition coefficient (Wildman–Crippen LogP) is -2.84. The van der Waals surface area contributed by atoms with E-state index in [1.54, 1.807) is 0 Å². The van der Waals surface area contributed by atoms with E-state index in [0.717, 1.165) is 0 Å². The van der Waals surface area contributed by atoms with Crippen molar-refractivity contribution in [3.8, 4) is 0 Å². The van der Waals surface area contributed by atoms with E-state index in [-0.39, 0.29) is 28.9 Å². The third-order valence-electron chi connectivity index (χ3n) is 5.52. The Bertz CT molecular complexity index is 1050. The lowest BCUT2D eigenvalue weighted by Crippen LogP contribution is -2.85. The van der Waals surface area contributed by atoms with Crippen LogP contribution in [-0.4, -0.2) is 93.4 Å². The number of hydrogen-bond donors (Lipinski definition) is 6. The third kappa shape index (κ3) is 4.47. The van der Waals surface area contributed by atoms with Crippen LogP contribution in [0.3, 0.4) is 0 Å². The summed E-state index contributed by atoms with van der Waals surface area (Å²) in [5.41, 5.74) is 0.239. The molecule has 1 aliphatic heterocycles. The zero-order valence-corrected chi connectivity index (χ0v) is 18.2. The van der Waals surface area contributed by atoms with E-state index in [1.807, 2.05) is 5.32 Å². The monoisotopic (exact) mass is 485 g/mol. The quantitative estimate of drug-likeness (QED) is 0.147. The van der Waals surface area contributed by atoms with Gasteiger partial charge in [-0.3, -0.25) is 14.4 Å². The average molecular weight is 485 g/mol. The van der Waals surface area contributed by atoms with Gasteiger partial charge in [0.15, 0.2) is 11.6 Å². The molecule has 0 spiro atoms. The minimum absolute atomic E-state index is 0.0235. The molecule has 8 radical (unpaired) electrons. The van der Waals surface area contributed by atoms with Crippen LogP contribution in [0.2, 0.25) is 0 Å². The van der Waals surface area contributed by atoms with Crippen molar-refractivity contribution in [2.24, 2.45) is 0 Å². The maximum Gasteiger partial charge on any atom is 0.284 e. The Morgan fingerprint density at radius 3 is 2.06 bits per heavy atom. The number of nitrogens with one attached hydrogen (secondary N) is 2. The summed E-state index contributed by atoms with van der Waals surface area (Å²) in [5, 5.41) is 36.5. The van der Waals surface area contributed by atoms with Crippen LogP contribution < -0.4 is 15.7 Å². The summed E-state index contributed by atoms with van der Waals surface area (Å²) in [4.78, 5) is 29.1. The third-order valence-corrected chi connectivity index (χ3v) is 5.52. The number of benzene rings is 1. The van der Waals surface area contributed by atoms with E-state index >= 15 is 0 Å². The van der Waals surface area contributed by atoms with Gasteiger partial charge in [0.05, 0.1) is 12.5 Å². The van der Waals surface area contributed by atoms with Crippen molar-refractivity contribution >= 4 is 54.6 Å². The minimum atomic E-state index is -3.65. The van der Waals surface area contributed by atoms with Crippen LogP contribution in [0.25, 0.3) is 0 Å². The molecule has 0 saturated carbocycles. The standard InChI is InChI=1S/C18H17B4F2N3O8/c1-34-26-14(29)9-4-2-3-8(9)13(28)25-12-10(23)5-7(6-11(12)24)27-15(19,20)18(32,33)35-16(21,22)17(27,30)31/h5-6,30-33H,2-4H2,1H3,(H,25,28)(H,26,29). The number of hydroxylamine groups is 1. The Hall–Kier alpha value is -2.42. The summed E-state index contributed by atoms with van der Waals surface area (Å²) in [6.45, 7) is 0. The molecule has 0 atom stereocenters. The smallest absolute Gasteiger partial charge is 0.284 e.